The van der Waals surface area contributed by atoms with Gasteiger partial charge in [0, 0.05) is 23.4 Å². The molecule has 0 heterocycles. The Morgan fingerprint density at radius 1 is 1.02 bits per heavy atom. The first-order valence-electron chi connectivity index (χ1n) is 15.4. The maximum Gasteiger partial charge on any atom is 0.501 e. The van der Waals surface area contributed by atoms with Crippen molar-refractivity contribution in [2.45, 2.75) is 48.2 Å². The molecule has 262 valence electrons. The van der Waals surface area contributed by atoms with Crippen LogP contribution in [0.4, 0.5) is 23.2 Å². The Morgan fingerprint density at radius 2 is 1.69 bits per heavy atom. The molecule has 0 saturated heterocycles. The molecule has 0 aliphatic heterocycles. The van der Waals surface area contributed by atoms with Gasteiger partial charge in [0.1, 0.15) is 17.6 Å². The van der Waals surface area contributed by atoms with Crippen LogP contribution >= 0.6 is 0 Å². The fraction of sp³-hybridized carbons (Fsp3) is 0.382. The number of benzene rings is 3. The topological polar surface area (TPSA) is 142 Å². The molecule has 3 aromatic carbocycles. The van der Waals surface area contributed by atoms with Crippen molar-refractivity contribution in [3.8, 4) is 16.9 Å². The highest BCUT2D eigenvalue weighted by molar-refractivity contribution is 7.92. The van der Waals surface area contributed by atoms with Crippen LogP contribution in [-0.4, -0.2) is 75.0 Å². The number of halogens is 4. The van der Waals surface area contributed by atoms with Gasteiger partial charge in [-0.25, -0.2) is 12.8 Å². The summed E-state index contributed by atoms with van der Waals surface area (Å²) in [7, 11) is -1.03. The lowest BCUT2D eigenvalue weighted by molar-refractivity contribution is -0.142. The lowest BCUT2D eigenvalue weighted by Gasteiger charge is -2.31. The second kappa shape index (κ2) is 13.8. The number of fused-ring (bicyclic) bond motifs is 2. The van der Waals surface area contributed by atoms with Crippen LogP contribution in [0.2, 0.25) is 0 Å². The molecule has 5 rings (SSSR count). The zero-order valence-electron chi connectivity index (χ0n) is 26.8. The average Bonchev–Trinajstić information content (AvgIpc) is 3.65. The molecule has 2 saturated carbocycles. The Kier molecular flexibility index (Phi) is 10.1. The minimum atomic E-state index is -5.64. The van der Waals surface area contributed by atoms with Crippen molar-refractivity contribution in [2.75, 3.05) is 26.5 Å². The number of amides is 2. The van der Waals surface area contributed by atoms with Gasteiger partial charge in [-0.05, 0) is 87.0 Å². The normalized spacial score (nSPS) is 21.0. The van der Waals surface area contributed by atoms with E-state index in [4.69, 9.17) is 4.74 Å². The number of nitrogens with one attached hydrogen (secondary N) is 2. The minimum absolute atomic E-state index is 0.00788. The SMILES string of the molecule is COc1cc(F)c(-c2ccc(C[C@@H](C(=O)O)N(C)C)cc2)cc1C(=O)N[C@@H]1[C@H]2CC[C@H](C2)[C@@H]1C(=O)Nc1cccc(S(=O)(=O)C(F)(F)F)c1. The summed E-state index contributed by atoms with van der Waals surface area (Å²) >= 11 is 0. The number of carboxylic acid groups (broad SMARTS) is 1. The van der Waals surface area contributed by atoms with E-state index in [1.807, 2.05) is 0 Å². The molecule has 2 amide bonds. The predicted molar refractivity (Wildman–Crippen MR) is 171 cm³/mol. The Hall–Kier alpha value is -4.50. The van der Waals surface area contributed by atoms with Gasteiger partial charge >= 0.3 is 11.5 Å². The fourth-order valence-corrected chi connectivity index (χ4v) is 7.67. The van der Waals surface area contributed by atoms with Crippen LogP contribution in [0.25, 0.3) is 11.1 Å². The summed E-state index contributed by atoms with van der Waals surface area (Å²) in [4.78, 5) is 39.4. The van der Waals surface area contributed by atoms with Crippen LogP contribution in [0.1, 0.15) is 35.2 Å². The summed E-state index contributed by atoms with van der Waals surface area (Å²) in [5, 5.41) is 14.9. The van der Waals surface area contributed by atoms with Gasteiger partial charge in [0.25, 0.3) is 15.7 Å². The van der Waals surface area contributed by atoms with Crippen LogP contribution in [0.5, 0.6) is 5.75 Å². The van der Waals surface area contributed by atoms with E-state index in [1.54, 1.807) is 43.3 Å². The van der Waals surface area contributed by atoms with Crippen LogP contribution in [0.15, 0.2) is 65.6 Å². The first-order chi connectivity index (χ1) is 23.0. The van der Waals surface area contributed by atoms with E-state index in [1.165, 1.54) is 19.2 Å². The second-order valence-corrected chi connectivity index (χ2v) is 14.5. The van der Waals surface area contributed by atoms with Gasteiger partial charge < -0.3 is 20.5 Å². The van der Waals surface area contributed by atoms with E-state index in [0.717, 1.165) is 30.7 Å². The van der Waals surface area contributed by atoms with E-state index in [-0.39, 0.29) is 40.8 Å². The van der Waals surface area contributed by atoms with Gasteiger partial charge in [0.2, 0.25) is 5.91 Å². The van der Waals surface area contributed by atoms with Gasteiger partial charge in [-0.2, -0.15) is 13.2 Å². The number of ether oxygens (including phenoxy) is 1. The minimum Gasteiger partial charge on any atom is -0.496 e. The van der Waals surface area contributed by atoms with Crippen molar-refractivity contribution in [1.82, 2.24) is 10.2 Å². The summed E-state index contributed by atoms with van der Waals surface area (Å²) in [5.74, 6) is -3.86. The molecule has 3 N–H and O–H groups in total. The maximum absolute atomic E-state index is 15.3. The largest absolute Gasteiger partial charge is 0.501 e. The summed E-state index contributed by atoms with van der Waals surface area (Å²) < 4.78 is 83.8. The molecule has 2 fully saturated rings. The van der Waals surface area contributed by atoms with E-state index in [2.05, 4.69) is 10.6 Å². The monoisotopic (exact) mass is 705 g/mol. The number of likely N-dealkylation sites (N-methyl/N-ethyl adjacent to an activating group) is 1. The summed E-state index contributed by atoms with van der Waals surface area (Å²) in [6.45, 7) is 0. The fourth-order valence-electron chi connectivity index (χ4n) is 6.86. The summed E-state index contributed by atoms with van der Waals surface area (Å²) in [5.41, 5.74) is -4.41. The molecule has 3 aromatic rings. The number of carbonyl (C=O) groups is 3. The molecule has 0 radical (unpaired) electrons. The highest BCUT2D eigenvalue weighted by Crippen LogP contribution is 2.49. The molecule has 0 unspecified atom stereocenters. The molecule has 49 heavy (non-hydrogen) atoms. The first-order valence-corrected chi connectivity index (χ1v) is 16.9. The number of alkyl halides is 3. The van der Waals surface area contributed by atoms with Gasteiger partial charge in [0.15, 0.2) is 0 Å². The van der Waals surface area contributed by atoms with Crippen LogP contribution < -0.4 is 15.4 Å². The predicted octanol–water partition coefficient (Wildman–Crippen LogP) is 5.14. The third-order valence-corrected chi connectivity index (χ3v) is 10.9. The van der Waals surface area contributed by atoms with Crippen molar-refractivity contribution in [3.63, 3.8) is 0 Å². The number of anilines is 1. The van der Waals surface area contributed by atoms with Gasteiger partial charge in [0.05, 0.1) is 23.5 Å². The van der Waals surface area contributed by atoms with Crippen molar-refractivity contribution < 1.29 is 50.2 Å². The summed E-state index contributed by atoms with van der Waals surface area (Å²) in [6.07, 6.45) is 2.27. The Bertz CT molecular complexity index is 1870. The standard InChI is InChI=1S/C34H35F4N3O7S/c1-41(2)27(33(44)45)13-18-7-9-19(10-8-18)24-16-25(28(48-3)17-26(24)35)31(42)40-30-21-12-11-20(14-21)29(30)32(43)39-22-5-4-6-23(15-22)49(46,47)34(36,37)38/h4-10,15-17,20-21,27,29-30H,11-14H2,1-3H3,(H,39,43)(H,40,42)(H,44,45)/t20-,21+,27+,29+,30-/m1/s1. The van der Waals surface area contributed by atoms with Gasteiger partial charge in [-0.3, -0.25) is 19.3 Å². The number of aliphatic carboxylic acids is 1. The van der Waals surface area contributed by atoms with E-state index >= 15 is 4.39 Å². The molecule has 2 aliphatic rings. The smallest absolute Gasteiger partial charge is 0.496 e. The lowest BCUT2D eigenvalue weighted by atomic mass is 9.83. The highest BCUT2D eigenvalue weighted by atomic mass is 32.2. The number of carbonyl (C=O) groups excluding carboxylic acids is 2. The van der Waals surface area contributed by atoms with Crippen LogP contribution in [0.3, 0.4) is 0 Å². The highest BCUT2D eigenvalue weighted by Gasteiger charge is 2.52. The number of hydrogen-bond acceptors (Lipinski definition) is 7. The Balaban J connectivity index is 1.37. The van der Waals surface area contributed by atoms with Crippen molar-refractivity contribution >= 4 is 33.3 Å². The van der Waals surface area contributed by atoms with Gasteiger partial charge in [-0.1, -0.05) is 30.3 Å². The van der Waals surface area contributed by atoms with E-state index in [9.17, 15) is 41.1 Å². The number of methoxy groups -OCH3 is 1. The molecule has 2 aliphatic carbocycles. The Labute approximate surface area is 280 Å². The lowest BCUT2D eigenvalue weighted by Crippen LogP contribution is -2.48. The Morgan fingerprint density at radius 3 is 2.31 bits per heavy atom. The zero-order chi connectivity index (χ0) is 35.8. The van der Waals surface area contributed by atoms with Crippen LogP contribution in [-0.2, 0) is 25.8 Å². The molecule has 15 heteroatoms. The maximum atomic E-state index is 15.3. The third kappa shape index (κ3) is 7.27. The number of sulfone groups is 1. The van der Waals surface area contributed by atoms with Crippen molar-refractivity contribution in [1.29, 1.82) is 0 Å². The molecule has 0 aromatic heterocycles. The first kappa shape index (κ1) is 35.8. The van der Waals surface area contributed by atoms with Gasteiger partial charge in [-0.15, -0.1) is 0 Å². The number of hydrogen-bond donors (Lipinski definition) is 3. The van der Waals surface area contributed by atoms with Crippen LogP contribution in [0, 0.1) is 23.6 Å². The molecule has 5 atom stereocenters. The number of carboxylic acids is 1. The summed E-state index contributed by atoms with van der Waals surface area (Å²) in [6, 6.07) is 11.5. The zero-order valence-corrected chi connectivity index (χ0v) is 27.6. The molecular formula is C34H35F4N3O7S. The second-order valence-electron chi connectivity index (χ2n) is 12.6. The quantitative estimate of drug-likeness (QED) is 0.233. The van der Waals surface area contributed by atoms with E-state index < -0.39 is 61.8 Å². The number of rotatable bonds is 11. The molecule has 10 nitrogen and oxygen atoms in total. The number of nitrogens with zero attached hydrogens (tertiary/aromatic N) is 1. The average molecular weight is 706 g/mol. The molecule has 0 spiro atoms. The van der Waals surface area contributed by atoms with Crippen molar-refractivity contribution in [2.24, 2.45) is 17.8 Å². The van der Waals surface area contributed by atoms with E-state index in [0.29, 0.717) is 24.0 Å². The third-order valence-electron chi connectivity index (χ3n) is 9.37. The van der Waals surface area contributed by atoms with Crippen molar-refractivity contribution in [3.05, 3.63) is 77.6 Å². The molecular weight excluding hydrogens is 670 g/mol. The molecule has 2 bridgehead atoms.